The molecule has 3 aromatic rings. The van der Waals surface area contributed by atoms with Gasteiger partial charge in [0.2, 0.25) is 0 Å². The number of methoxy groups -OCH3 is 1. The molecule has 0 saturated carbocycles. The largest absolute Gasteiger partial charge is 0.497 e. The number of hydrogen-bond donors (Lipinski definition) is 2. The monoisotopic (exact) mass is 373 g/mol. The molecule has 26 heavy (non-hydrogen) atoms. The van der Waals surface area contributed by atoms with Gasteiger partial charge in [-0.15, -0.1) is 0 Å². The van der Waals surface area contributed by atoms with E-state index in [0.29, 0.717) is 22.9 Å². The molecule has 2 aromatic carbocycles. The average molecular weight is 373 g/mol. The first-order chi connectivity index (χ1) is 12.5. The number of ether oxygens (including phenoxy) is 1. The molecule has 8 heteroatoms. The number of sulfonamides is 1. The van der Waals surface area contributed by atoms with E-state index in [0.717, 1.165) is 0 Å². The van der Waals surface area contributed by atoms with Crippen LogP contribution in [0.1, 0.15) is 0 Å². The first-order valence-electron chi connectivity index (χ1n) is 7.62. The summed E-state index contributed by atoms with van der Waals surface area (Å²) in [5.41, 5.74) is 0.996. The van der Waals surface area contributed by atoms with Crippen LogP contribution in [0.2, 0.25) is 0 Å². The fourth-order valence-corrected chi connectivity index (χ4v) is 3.22. The summed E-state index contributed by atoms with van der Waals surface area (Å²) in [5, 5.41) is 3.00. The van der Waals surface area contributed by atoms with E-state index in [-0.39, 0.29) is 10.7 Å². The highest BCUT2D eigenvalue weighted by atomic mass is 32.2. The van der Waals surface area contributed by atoms with Crippen LogP contribution in [0.3, 0.4) is 0 Å². The smallest absolute Gasteiger partial charge is 0.261 e. The maximum Gasteiger partial charge on any atom is 0.261 e. The molecule has 134 valence electrons. The van der Waals surface area contributed by atoms with Crippen molar-refractivity contribution in [2.45, 2.75) is 4.90 Å². The predicted molar refractivity (Wildman–Crippen MR) is 97.7 cm³/mol. The topological polar surface area (TPSA) is 80.3 Å². The van der Waals surface area contributed by atoms with Crippen LogP contribution in [0.4, 0.5) is 21.6 Å². The van der Waals surface area contributed by atoms with Crippen LogP contribution in [-0.2, 0) is 10.0 Å². The van der Waals surface area contributed by atoms with E-state index in [2.05, 4.69) is 15.0 Å². The van der Waals surface area contributed by atoms with Gasteiger partial charge in [-0.05, 0) is 60.7 Å². The molecule has 0 spiro atoms. The van der Waals surface area contributed by atoms with Gasteiger partial charge in [-0.1, -0.05) is 0 Å². The normalized spacial score (nSPS) is 11.0. The molecule has 0 atom stereocenters. The Morgan fingerprint density at radius 3 is 2.15 bits per heavy atom. The van der Waals surface area contributed by atoms with Gasteiger partial charge in [0.15, 0.2) is 0 Å². The maximum absolute atomic E-state index is 12.9. The van der Waals surface area contributed by atoms with E-state index >= 15 is 0 Å². The molecule has 3 rings (SSSR count). The molecule has 6 nitrogen and oxygen atoms in total. The van der Waals surface area contributed by atoms with E-state index in [9.17, 15) is 12.8 Å². The summed E-state index contributed by atoms with van der Waals surface area (Å²) < 4.78 is 45.1. The average Bonchev–Trinajstić information content (AvgIpc) is 2.65. The van der Waals surface area contributed by atoms with Crippen LogP contribution in [0.25, 0.3) is 0 Å². The lowest BCUT2D eigenvalue weighted by Crippen LogP contribution is -2.13. The van der Waals surface area contributed by atoms with Crippen molar-refractivity contribution in [1.29, 1.82) is 0 Å². The molecular formula is C18H16FN3O3S. The second-order valence-electron chi connectivity index (χ2n) is 5.35. The molecule has 0 saturated heterocycles. The van der Waals surface area contributed by atoms with Gasteiger partial charge >= 0.3 is 0 Å². The Balaban J connectivity index is 1.70. The Kier molecular flexibility index (Phi) is 5.04. The van der Waals surface area contributed by atoms with Crippen LogP contribution < -0.4 is 14.8 Å². The van der Waals surface area contributed by atoms with Gasteiger partial charge in [-0.25, -0.2) is 17.8 Å². The highest BCUT2D eigenvalue weighted by Gasteiger charge is 2.14. The van der Waals surface area contributed by atoms with Gasteiger partial charge in [-0.3, -0.25) is 4.72 Å². The standard InChI is InChI=1S/C18H16FN3O3S/c1-25-16-7-9-17(10-8-16)26(23,24)22-15-6-11-18(20-12-15)21-14-4-2-13(19)3-5-14/h2-12,22H,1H3,(H,20,21). The molecule has 0 bridgehead atoms. The van der Waals surface area contributed by atoms with Crippen molar-refractivity contribution in [3.05, 3.63) is 72.7 Å². The lowest BCUT2D eigenvalue weighted by molar-refractivity contribution is 0.414. The zero-order chi connectivity index (χ0) is 18.6. The van der Waals surface area contributed by atoms with Crippen molar-refractivity contribution in [3.8, 4) is 5.75 Å². The Bertz CT molecular complexity index is 974. The zero-order valence-corrected chi connectivity index (χ0v) is 14.6. The molecule has 1 heterocycles. The fourth-order valence-electron chi connectivity index (χ4n) is 2.18. The third kappa shape index (κ3) is 4.28. The lowest BCUT2D eigenvalue weighted by atomic mass is 10.3. The van der Waals surface area contributed by atoms with Crippen molar-refractivity contribution in [1.82, 2.24) is 4.98 Å². The summed E-state index contributed by atoms with van der Waals surface area (Å²) in [6.07, 6.45) is 1.40. The molecule has 1 aromatic heterocycles. The molecular weight excluding hydrogens is 357 g/mol. The second kappa shape index (κ2) is 7.40. The van der Waals surface area contributed by atoms with Crippen molar-refractivity contribution < 1.29 is 17.5 Å². The number of aromatic nitrogens is 1. The Morgan fingerprint density at radius 1 is 0.923 bits per heavy atom. The summed E-state index contributed by atoms with van der Waals surface area (Å²) in [5.74, 6) is 0.748. The molecule has 0 aliphatic heterocycles. The van der Waals surface area contributed by atoms with Gasteiger partial charge in [0, 0.05) is 5.69 Å². The van der Waals surface area contributed by atoms with Crippen molar-refractivity contribution >= 4 is 27.2 Å². The van der Waals surface area contributed by atoms with Crippen LogP contribution in [0.15, 0.2) is 71.8 Å². The maximum atomic E-state index is 12.9. The Labute approximate surface area is 150 Å². The van der Waals surface area contributed by atoms with E-state index in [4.69, 9.17) is 4.74 Å². The SMILES string of the molecule is COc1ccc(S(=O)(=O)Nc2ccc(Nc3ccc(F)cc3)nc2)cc1. The fraction of sp³-hybridized carbons (Fsp3) is 0.0556. The Hall–Kier alpha value is -3.13. The summed E-state index contributed by atoms with van der Waals surface area (Å²) in [7, 11) is -2.21. The highest BCUT2D eigenvalue weighted by molar-refractivity contribution is 7.92. The van der Waals surface area contributed by atoms with E-state index < -0.39 is 10.0 Å². The number of halogens is 1. The summed E-state index contributed by atoms with van der Waals surface area (Å²) in [4.78, 5) is 4.27. The van der Waals surface area contributed by atoms with Crippen LogP contribution in [-0.4, -0.2) is 20.5 Å². The minimum absolute atomic E-state index is 0.117. The number of anilines is 3. The number of benzene rings is 2. The summed E-state index contributed by atoms with van der Waals surface area (Å²) >= 11 is 0. The predicted octanol–water partition coefficient (Wildman–Crippen LogP) is 3.77. The van der Waals surface area contributed by atoms with E-state index in [1.54, 1.807) is 36.4 Å². The minimum atomic E-state index is -3.72. The van der Waals surface area contributed by atoms with Crippen molar-refractivity contribution in [2.75, 3.05) is 17.1 Å². The van der Waals surface area contributed by atoms with Crippen LogP contribution >= 0.6 is 0 Å². The van der Waals surface area contributed by atoms with Crippen LogP contribution in [0.5, 0.6) is 5.75 Å². The third-order valence-electron chi connectivity index (χ3n) is 3.50. The molecule has 0 radical (unpaired) electrons. The summed E-state index contributed by atoms with van der Waals surface area (Å²) in [6, 6.07) is 15.1. The highest BCUT2D eigenvalue weighted by Crippen LogP contribution is 2.20. The summed E-state index contributed by atoms with van der Waals surface area (Å²) in [6.45, 7) is 0. The van der Waals surface area contributed by atoms with Gasteiger partial charge in [0.1, 0.15) is 17.4 Å². The molecule has 0 unspecified atom stereocenters. The molecule has 0 fully saturated rings. The minimum Gasteiger partial charge on any atom is -0.497 e. The molecule has 0 aliphatic rings. The van der Waals surface area contributed by atoms with Gasteiger partial charge in [0.25, 0.3) is 10.0 Å². The number of hydrogen-bond acceptors (Lipinski definition) is 5. The van der Waals surface area contributed by atoms with Crippen molar-refractivity contribution in [2.24, 2.45) is 0 Å². The number of rotatable bonds is 6. The molecule has 2 N–H and O–H groups in total. The van der Waals surface area contributed by atoms with Crippen LogP contribution in [0, 0.1) is 5.82 Å². The third-order valence-corrected chi connectivity index (χ3v) is 4.90. The second-order valence-corrected chi connectivity index (χ2v) is 7.03. The first-order valence-corrected chi connectivity index (χ1v) is 9.10. The molecule has 0 amide bonds. The molecule has 0 aliphatic carbocycles. The van der Waals surface area contributed by atoms with Gasteiger partial charge in [0.05, 0.1) is 23.9 Å². The zero-order valence-electron chi connectivity index (χ0n) is 13.8. The quantitative estimate of drug-likeness (QED) is 0.687. The Morgan fingerprint density at radius 2 is 1.58 bits per heavy atom. The number of nitrogens with zero attached hydrogens (tertiary/aromatic N) is 1. The van der Waals surface area contributed by atoms with Gasteiger partial charge < -0.3 is 10.1 Å². The van der Waals surface area contributed by atoms with E-state index in [1.807, 2.05) is 0 Å². The number of pyridine rings is 1. The van der Waals surface area contributed by atoms with E-state index in [1.165, 1.54) is 37.6 Å². The lowest BCUT2D eigenvalue weighted by Gasteiger charge is -2.10. The van der Waals surface area contributed by atoms with Gasteiger partial charge in [-0.2, -0.15) is 0 Å². The first kappa shape index (κ1) is 17.7. The van der Waals surface area contributed by atoms with Crippen molar-refractivity contribution in [3.63, 3.8) is 0 Å². The number of nitrogens with one attached hydrogen (secondary N) is 2.